The molecule has 2 atom stereocenters. The highest BCUT2D eigenvalue weighted by Crippen LogP contribution is 2.38. The monoisotopic (exact) mass is 454 g/mol. The third kappa shape index (κ3) is 3.84. The van der Waals surface area contributed by atoms with E-state index in [4.69, 9.17) is 5.73 Å². The Morgan fingerprint density at radius 2 is 2.07 bits per heavy atom. The second-order valence-electron chi connectivity index (χ2n) is 7.23. The van der Waals surface area contributed by atoms with Gasteiger partial charge in [-0.3, -0.25) is 9.59 Å². The van der Waals surface area contributed by atoms with E-state index >= 15 is 0 Å². The molecule has 0 aromatic carbocycles. The zero-order valence-corrected chi connectivity index (χ0v) is 18.3. The molecule has 0 spiro atoms. The molecule has 4 rings (SSSR count). The Balaban J connectivity index is 1.62. The average molecular weight is 455 g/mol. The van der Waals surface area contributed by atoms with Crippen molar-refractivity contribution in [3.63, 3.8) is 0 Å². The molecule has 2 amide bonds. The fourth-order valence-corrected chi connectivity index (χ4v) is 7.32. The summed E-state index contributed by atoms with van der Waals surface area (Å²) in [5.41, 5.74) is 6.89. The van der Waals surface area contributed by atoms with Crippen molar-refractivity contribution in [1.82, 2.24) is 9.03 Å². The molecular formula is C18H22N4O4S3. The van der Waals surface area contributed by atoms with Crippen LogP contribution in [0.25, 0.3) is 0 Å². The number of hydrogen-bond acceptors (Lipinski definition) is 6. The van der Waals surface area contributed by atoms with Gasteiger partial charge in [0.05, 0.1) is 11.6 Å². The molecule has 2 aliphatic rings. The Labute approximate surface area is 177 Å². The molecule has 3 heterocycles. The third-order valence-electron chi connectivity index (χ3n) is 5.41. The van der Waals surface area contributed by atoms with Crippen LogP contribution in [-0.2, 0) is 27.8 Å². The maximum Gasteiger partial charge on any atom is 0.280 e. The molecule has 0 bridgehead atoms. The first-order valence-electron chi connectivity index (χ1n) is 9.32. The quantitative estimate of drug-likeness (QED) is 0.654. The number of nitrogens with zero attached hydrogens (tertiary/aromatic N) is 1. The number of thiophene rings is 2. The van der Waals surface area contributed by atoms with Crippen LogP contribution in [0.4, 0.5) is 5.00 Å². The number of amides is 2. The second-order valence-corrected chi connectivity index (χ2v) is 11.1. The lowest BCUT2D eigenvalue weighted by molar-refractivity contribution is -0.120. The van der Waals surface area contributed by atoms with Gasteiger partial charge in [-0.25, -0.2) is 0 Å². The van der Waals surface area contributed by atoms with Crippen LogP contribution in [0.5, 0.6) is 0 Å². The molecular weight excluding hydrogens is 432 g/mol. The van der Waals surface area contributed by atoms with Gasteiger partial charge in [0, 0.05) is 16.8 Å². The maximum absolute atomic E-state index is 13.1. The second kappa shape index (κ2) is 7.80. The molecule has 0 unspecified atom stereocenters. The van der Waals surface area contributed by atoms with Gasteiger partial charge >= 0.3 is 0 Å². The van der Waals surface area contributed by atoms with Crippen LogP contribution < -0.4 is 15.8 Å². The summed E-state index contributed by atoms with van der Waals surface area (Å²) >= 11 is 2.81. The molecule has 0 radical (unpaired) electrons. The molecule has 156 valence electrons. The minimum Gasteiger partial charge on any atom is -0.365 e. The summed E-state index contributed by atoms with van der Waals surface area (Å²) in [5.74, 6) is -1.03. The molecule has 4 N–H and O–H groups in total. The molecule has 1 saturated heterocycles. The number of carbonyl (C=O) groups is 2. The standard InChI is InChI=1S/C18H22N4O4S3/c1-22-12(9-11(21-29(22,25)26)14-7-4-8-27-14)17(24)20-18-15(16(19)23)10-5-2-3-6-13(10)28-18/h4,7-8,11-12,21H,2-3,5-6,9H2,1H3,(H2,19,23)(H,20,24)/t11-,12+/m1/s1. The third-order valence-corrected chi connectivity index (χ3v) is 9.20. The van der Waals surface area contributed by atoms with E-state index in [1.165, 1.54) is 29.7 Å². The fraction of sp³-hybridized carbons (Fsp3) is 0.444. The highest BCUT2D eigenvalue weighted by atomic mass is 32.2. The minimum atomic E-state index is -3.81. The Kier molecular flexibility index (Phi) is 5.51. The van der Waals surface area contributed by atoms with Crippen molar-refractivity contribution in [2.75, 3.05) is 12.4 Å². The summed E-state index contributed by atoms with van der Waals surface area (Å²) in [5, 5.41) is 5.09. The molecule has 0 saturated carbocycles. The lowest BCUT2D eigenvalue weighted by Crippen LogP contribution is -2.55. The highest BCUT2D eigenvalue weighted by Gasteiger charge is 2.41. The molecule has 1 aliphatic heterocycles. The largest absolute Gasteiger partial charge is 0.365 e. The van der Waals surface area contributed by atoms with Gasteiger partial charge in [0.1, 0.15) is 11.0 Å². The molecule has 11 heteroatoms. The van der Waals surface area contributed by atoms with Crippen LogP contribution in [0.1, 0.15) is 51.0 Å². The van der Waals surface area contributed by atoms with Crippen LogP contribution in [0, 0.1) is 0 Å². The number of nitrogens with two attached hydrogens (primary N) is 1. The van der Waals surface area contributed by atoms with Gasteiger partial charge in [0.15, 0.2) is 0 Å². The van der Waals surface area contributed by atoms with Crippen molar-refractivity contribution < 1.29 is 18.0 Å². The lowest BCUT2D eigenvalue weighted by atomic mass is 9.95. The van der Waals surface area contributed by atoms with E-state index in [-0.39, 0.29) is 0 Å². The molecule has 1 fully saturated rings. The molecule has 29 heavy (non-hydrogen) atoms. The van der Waals surface area contributed by atoms with Crippen LogP contribution in [0.15, 0.2) is 17.5 Å². The zero-order chi connectivity index (χ0) is 20.8. The van der Waals surface area contributed by atoms with Crippen molar-refractivity contribution in [1.29, 1.82) is 0 Å². The topological polar surface area (TPSA) is 122 Å². The number of rotatable bonds is 4. The Bertz CT molecular complexity index is 1050. The van der Waals surface area contributed by atoms with Gasteiger partial charge in [-0.05, 0) is 49.1 Å². The summed E-state index contributed by atoms with van der Waals surface area (Å²) in [6.45, 7) is 0. The molecule has 2 aromatic rings. The smallest absolute Gasteiger partial charge is 0.280 e. The Hall–Kier alpha value is -1.79. The number of aryl methyl sites for hydroxylation is 1. The maximum atomic E-state index is 13.1. The van der Waals surface area contributed by atoms with Gasteiger partial charge < -0.3 is 11.1 Å². The van der Waals surface area contributed by atoms with Crippen molar-refractivity contribution in [3.8, 4) is 0 Å². The first-order valence-corrected chi connectivity index (χ1v) is 12.5. The Morgan fingerprint density at radius 3 is 2.76 bits per heavy atom. The van der Waals surface area contributed by atoms with Crippen molar-refractivity contribution in [2.45, 2.75) is 44.2 Å². The number of likely N-dealkylation sites (N-methyl/N-ethyl adjacent to an activating group) is 1. The number of anilines is 1. The molecule has 2 aromatic heterocycles. The van der Waals surface area contributed by atoms with E-state index in [1.807, 2.05) is 17.5 Å². The number of fused-ring (bicyclic) bond motifs is 1. The van der Waals surface area contributed by atoms with Crippen LogP contribution in [0.2, 0.25) is 0 Å². The van der Waals surface area contributed by atoms with E-state index in [0.717, 1.165) is 45.3 Å². The summed E-state index contributed by atoms with van der Waals surface area (Å²) < 4.78 is 28.8. The Morgan fingerprint density at radius 1 is 1.31 bits per heavy atom. The van der Waals surface area contributed by atoms with Gasteiger partial charge in [-0.1, -0.05) is 6.07 Å². The summed E-state index contributed by atoms with van der Waals surface area (Å²) in [6, 6.07) is 2.32. The summed E-state index contributed by atoms with van der Waals surface area (Å²) in [7, 11) is -2.43. The van der Waals surface area contributed by atoms with Gasteiger partial charge in [-0.2, -0.15) is 17.4 Å². The zero-order valence-electron chi connectivity index (χ0n) is 15.8. The normalized spacial score (nSPS) is 24.0. The SMILES string of the molecule is CN1[C@H](C(=O)Nc2sc3c(c2C(N)=O)CCCC3)C[C@H](c2cccs2)NS1(=O)=O. The van der Waals surface area contributed by atoms with Crippen LogP contribution in [-0.4, -0.2) is 37.6 Å². The molecule has 1 aliphatic carbocycles. The van der Waals surface area contributed by atoms with Crippen LogP contribution >= 0.6 is 22.7 Å². The summed E-state index contributed by atoms with van der Waals surface area (Å²) in [6.07, 6.45) is 3.94. The number of primary amides is 1. The average Bonchev–Trinajstić information content (AvgIpc) is 3.31. The number of carbonyl (C=O) groups excluding carboxylic acids is 2. The van der Waals surface area contributed by atoms with Gasteiger partial charge in [0.25, 0.3) is 16.1 Å². The van der Waals surface area contributed by atoms with E-state index in [1.54, 1.807) is 0 Å². The van der Waals surface area contributed by atoms with Crippen molar-refractivity contribution in [3.05, 3.63) is 38.4 Å². The number of hydrogen-bond donors (Lipinski definition) is 3. The van der Waals surface area contributed by atoms with Crippen LogP contribution in [0.3, 0.4) is 0 Å². The van der Waals surface area contributed by atoms with E-state index in [9.17, 15) is 18.0 Å². The van der Waals surface area contributed by atoms with Crippen molar-refractivity contribution >= 4 is 49.7 Å². The van der Waals surface area contributed by atoms with Crippen molar-refractivity contribution in [2.24, 2.45) is 5.73 Å². The van der Waals surface area contributed by atoms with E-state index in [2.05, 4.69) is 10.0 Å². The highest BCUT2D eigenvalue weighted by molar-refractivity contribution is 7.87. The predicted octanol–water partition coefficient (Wildman–Crippen LogP) is 2.01. The predicted molar refractivity (Wildman–Crippen MR) is 113 cm³/mol. The van der Waals surface area contributed by atoms with E-state index in [0.29, 0.717) is 17.0 Å². The molecule has 8 nitrogen and oxygen atoms in total. The summed E-state index contributed by atoms with van der Waals surface area (Å²) in [4.78, 5) is 27.1. The first kappa shape index (κ1) is 20.5. The van der Waals surface area contributed by atoms with E-state index < -0.39 is 34.1 Å². The number of nitrogens with one attached hydrogen (secondary N) is 2. The first-order chi connectivity index (χ1) is 13.8. The minimum absolute atomic E-state index is 0.291. The fourth-order valence-electron chi connectivity index (χ4n) is 3.90. The van der Waals surface area contributed by atoms with Gasteiger partial charge in [-0.15, -0.1) is 22.7 Å². The van der Waals surface area contributed by atoms with Gasteiger partial charge in [0.2, 0.25) is 5.91 Å². The lowest BCUT2D eigenvalue weighted by Gasteiger charge is -2.35.